The normalized spacial score (nSPS) is 13.7. The average molecular weight is 270 g/mol. The summed E-state index contributed by atoms with van der Waals surface area (Å²) in [7, 11) is 0. The van der Waals surface area contributed by atoms with Gasteiger partial charge in [-0.2, -0.15) is 0 Å². The van der Waals surface area contributed by atoms with Crippen LogP contribution in [0, 0.1) is 12.3 Å². The molecule has 2 nitrogen and oxygen atoms in total. The maximum absolute atomic E-state index is 4.58. The number of rotatable bonds is 4. The molecule has 1 heterocycles. The van der Waals surface area contributed by atoms with Crippen molar-refractivity contribution in [2.45, 2.75) is 47.1 Å². The molecule has 0 saturated heterocycles. The molecule has 1 aromatic heterocycles. The van der Waals surface area contributed by atoms with E-state index < -0.39 is 0 Å². The topological polar surface area (TPSA) is 24.9 Å². The molecule has 2 aromatic rings. The van der Waals surface area contributed by atoms with Gasteiger partial charge in [0.1, 0.15) is 0 Å². The Morgan fingerprint density at radius 1 is 1.15 bits per heavy atom. The van der Waals surface area contributed by atoms with Crippen molar-refractivity contribution in [2.24, 2.45) is 5.41 Å². The molecule has 0 amide bonds. The fraction of sp³-hybridized carbons (Fsp3) is 0.500. The van der Waals surface area contributed by atoms with E-state index in [1.807, 2.05) is 6.92 Å². The molecule has 2 rings (SSSR count). The summed E-state index contributed by atoms with van der Waals surface area (Å²) in [5.41, 5.74) is 3.70. The van der Waals surface area contributed by atoms with Crippen LogP contribution in [0.25, 0.3) is 10.9 Å². The average Bonchev–Trinajstić information content (AvgIpc) is 2.37. The predicted octanol–water partition coefficient (Wildman–Crippen LogP) is 4.63. The molecule has 0 saturated carbocycles. The number of fused-ring (bicyclic) bond motifs is 1. The number of nitrogens with zero attached hydrogens (tertiary/aromatic N) is 1. The fourth-order valence-corrected chi connectivity index (χ4v) is 2.64. The quantitative estimate of drug-likeness (QED) is 0.876. The minimum Gasteiger partial charge on any atom is -0.309 e. The lowest BCUT2D eigenvalue weighted by Crippen LogP contribution is -2.32. The highest BCUT2D eigenvalue weighted by molar-refractivity contribution is 5.79. The summed E-state index contributed by atoms with van der Waals surface area (Å²) in [6.07, 6.45) is 1.15. The minimum atomic E-state index is 0.195. The molecule has 1 atom stereocenters. The molecule has 1 N–H and O–H groups in total. The molecular formula is C18H26N2. The molecular weight excluding hydrogens is 244 g/mol. The number of pyridine rings is 1. The summed E-state index contributed by atoms with van der Waals surface area (Å²) in [5, 5.41) is 4.90. The third-order valence-electron chi connectivity index (χ3n) is 3.65. The first kappa shape index (κ1) is 15.0. The second-order valence-corrected chi connectivity index (χ2v) is 6.66. The summed E-state index contributed by atoms with van der Waals surface area (Å²) >= 11 is 0. The number of benzene rings is 1. The van der Waals surface area contributed by atoms with E-state index in [4.69, 9.17) is 0 Å². The highest BCUT2D eigenvalue weighted by Gasteiger charge is 2.25. The van der Waals surface area contributed by atoms with Crippen LogP contribution in [0.15, 0.2) is 30.3 Å². The van der Waals surface area contributed by atoms with Crippen LogP contribution in [0.3, 0.4) is 0 Å². The van der Waals surface area contributed by atoms with E-state index in [0.29, 0.717) is 6.04 Å². The van der Waals surface area contributed by atoms with Gasteiger partial charge in [-0.05, 0) is 49.1 Å². The fourth-order valence-electron chi connectivity index (χ4n) is 2.64. The van der Waals surface area contributed by atoms with Crippen LogP contribution in [0.1, 0.15) is 51.4 Å². The van der Waals surface area contributed by atoms with Gasteiger partial charge in [-0.1, -0.05) is 39.8 Å². The Kier molecular flexibility index (Phi) is 4.44. The number of hydrogen-bond donors (Lipinski definition) is 1. The zero-order valence-corrected chi connectivity index (χ0v) is 13.3. The summed E-state index contributed by atoms with van der Waals surface area (Å²) in [6, 6.07) is 11.3. The zero-order valence-electron chi connectivity index (χ0n) is 13.3. The smallest absolute Gasteiger partial charge is 0.0705 e. The van der Waals surface area contributed by atoms with E-state index in [1.54, 1.807) is 0 Å². The van der Waals surface area contributed by atoms with Crippen molar-refractivity contribution < 1.29 is 0 Å². The molecule has 1 aromatic carbocycles. The van der Waals surface area contributed by atoms with Crippen LogP contribution in [0.4, 0.5) is 0 Å². The molecule has 2 heteroatoms. The first-order valence-corrected chi connectivity index (χ1v) is 7.52. The standard InChI is InChI=1S/C18H26N2/c1-6-11-19-17(18(3,4)5)15-9-10-16-14(12-15)8-7-13(2)20-16/h7-10,12,17,19H,6,11H2,1-5H3. The van der Waals surface area contributed by atoms with E-state index >= 15 is 0 Å². The van der Waals surface area contributed by atoms with Gasteiger partial charge in [-0.15, -0.1) is 0 Å². The second-order valence-electron chi connectivity index (χ2n) is 6.66. The second kappa shape index (κ2) is 5.92. The van der Waals surface area contributed by atoms with E-state index in [0.717, 1.165) is 24.2 Å². The third-order valence-corrected chi connectivity index (χ3v) is 3.65. The van der Waals surface area contributed by atoms with Crippen LogP contribution < -0.4 is 5.32 Å². The highest BCUT2D eigenvalue weighted by atomic mass is 14.9. The van der Waals surface area contributed by atoms with Crippen LogP contribution in [-0.2, 0) is 0 Å². The van der Waals surface area contributed by atoms with Crippen LogP contribution in [-0.4, -0.2) is 11.5 Å². The molecule has 0 fully saturated rings. The van der Waals surface area contributed by atoms with Gasteiger partial charge in [-0.3, -0.25) is 4.98 Å². The largest absolute Gasteiger partial charge is 0.309 e. The van der Waals surface area contributed by atoms with Gasteiger partial charge in [0, 0.05) is 17.1 Å². The number of aromatic nitrogens is 1. The molecule has 0 bridgehead atoms. The lowest BCUT2D eigenvalue weighted by Gasteiger charge is -2.32. The Hall–Kier alpha value is -1.41. The summed E-state index contributed by atoms with van der Waals surface area (Å²) in [5.74, 6) is 0. The monoisotopic (exact) mass is 270 g/mol. The van der Waals surface area contributed by atoms with Crippen LogP contribution in [0.5, 0.6) is 0 Å². The molecule has 0 aliphatic rings. The molecule has 0 aliphatic carbocycles. The van der Waals surface area contributed by atoms with Crippen LogP contribution in [0.2, 0.25) is 0 Å². The molecule has 0 aliphatic heterocycles. The van der Waals surface area contributed by atoms with Crippen molar-refractivity contribution in [3.05, 3.63) is 41.6 Å². The van der Waals surface area contributed by atoms with Gasteiger partial charge in [0.15, 0.2) is 0 Å². The summed E-state index contributed by atoms with van der Waals surface area (Å²) in [4.78, 5) is 4.58. The van der Waals surface area contributed by atoms with Gasteiger partial charge in [0.25, 0.3) is 0 Å². The first-order valence-electron chi connectivity index (χ1n) is 7.52. The van der Waals surface area contributed by atoms with Crippen molar-refractivity contribution >= 4 is 10.9 Å². The zero-order chi connectivity index (χ0) is 14.8. The maximum Gasteiger partial charge on any atom is 0.0705 e. The molecule has 20 heavy (non-hydrogen) atoms. The van der Waals surface area contributed by atoms with E-state index in [-0.39, 0.29) is 5.41 Å². The SMILES string of the molecule is CCCNC(c1ccc2nc(C)ccc2c1)C(C)(C)C. The molecule has 0 spiro atoms. The van der Waals surface area contributed by atoms with Crippen LogP contribution >= 0.6 is 0 Å². The number of hydrogen-bond acceptors (Lipinski definition) is 2. The van der Waals surface area contributed by atoms with E-state index in [1.165, 1.54) is 10.9 Å². The van der Waals surface area contributed by atoms with E-state index in [9.17, 15) is 0 Å². The predicted molar refractivity (Wildman–Crippen MR) is 87.0 cm³/mol. The Morgan fingerprint density at radius 3 is 2.55 bits per heavy atom. The highest BCUT2D eigenvalue weighted by Crippen LogP contribution is 2.33. The Balaban J connectivity index is 2.40. The van der Waals surface area contributed by atoms with Gasteiger partial charge in [-0.25, -0.2) is 0 Å². The molecule has 1 unspecified atom stereocenters. The number of nitrogens with one attached hydrogen (secondary N) is 1. The summed E-state index contributed by atoms with van der Waals surface area (Å²) < 4.78 is 0. The van der Waals surface area contributed by atoms with Crippen molar-refractivity contribution in [1.82, 2.24) is 10.3 Å². The third kappa shape index (κ3) is 3.37. The summed E-state index contributed by atoms with van der Waals surface area (Å²) in [6.45, 7) is 12.2. The van der Waals surface area contributed by atoms with Crippen molar-refractivity contribution in [2.75, 3.05) is 6.54 Å². The Morgan fingerprint density at radius 2 is 1.90 bits per heavy atom. The van der Waals surface area contributed by atoms with Gasteiger partial charge in [0.2, 0.25) is 0 Å². The molecule has 0 radical (unpaired) electrons. The minimum absolute atomic E-state index is 0.195. The first-order chi connectivity index (χ1) is 9.41. The van der Waals surface area contributed by atoms with Crippen molar-refractivity contribution in [3.63, 3.8) is 0 Å². The van der Waals surface area contributed by atoms with Gasteiger partial charge in [0.05, 0.1) is 5.52 Å². The van der Waals surface area contributed by atoms with Gasteiger partial charge < -0.3 is 5.32 Å². The Labute approximate surface area is 122 Å². The lowest BCUT2D eigenvalue weighted by atomic mass is 9.82. The van der Waals surface area contributed by atoms with Gasteiger partial charge >= 0.3 is 0 Å². The van der Waals surface area contributed by atoms with E-state index in [2.05, 4.69) is 68.3 Å². The number of aryl methyl sites for hydroxylation is 1. The lowest BCUT2D eigenvalue weighted by molar-refractivity contribution is 0.273. The van der Waals surface area contributed by atoms with Crippen molar-refractivity contribution in [3.8, 4) is 0 Å². The van der Waals surface area contributed by atoms with Crippen molar-refractivity contribution in [1.29, 1.82) is 0 Å². The maximum atomic E-state index is 4.58. The molecule has 108 valence electrons. The Bertz CT molecular complexity index is 581.